The van der Waals surface area contributed by atoms with Gasteiger partial charge in [0.25, 0.3) is 0 Å². The Kier molecular flexibility index (Phi) is 7.89. The Morgan fingerprint density at radius 2 is 1.95 bits per heavy atom. The zero-order valence-electron chi connectivity index (χ0n) is 12.6. The predicted octanol–water partition coefficient (Wildman–Crippen LogP) is 4.36. The summed E-state index contributed by atoms with van der Waals surface area (Å²) in [5.41, 5.74) is 1.01. The monoisotopic (exact) mass is 288 g/mol. The Morgan fingerprint density at radius 1 is 1.24 bits per heavy atom. The molecule has 0 aromatic heterocycles. The average Bonchev–Trinajstić information content (AvgIpc) is 2.50. The lowest BCUT2D eigenvalue weighted by Gasteiger charge is -1.99. The number of benzene rings is 1. The first-order valence-electron chi connectivity index (χ1n) is 7.21. The van der Waals surface area contributed by atoms with Crippen LogP contribution in [0.5, 0.6) is 0 Å². The molecule has 0 spiro atoms. The first-order valence-corrected chi connectivity index (χ1v) is 7.21. The van der Waals surface area contributed by atoms with Gasteiger partial charge in [-0.05, 0) is 30.2 Å². The van der Waals surface area contributed by atoms with Gasteiger partial charge in [-0.2, -0.15) is 0 Å². The molecule has 2 nitrogen and oxygen atoms in total. The van der Waals surface area contributed by atoms with Gasteiger partial charge in [-0.3, -0.25) is 0 Å². The van der Waals surface area contributed by atoms with E-state index in [1.54, 1.807) is 18.2 Å². The lowest BCUT2D eigenvalue weighted by atomic mass is 10.1. The summed E-state index contributed by atoms with van der Waals surface area (Å²) in [7, 11) is 1.32. The molecule has 0 aliphatic carbocycles. The highest BCUT2D eigenvalue weighted by atomic mass is 19.1. The van der Waals surface area contributed by atoms with E-state index in [0.717, 1.165) is 24.8 Å². The van der Waals surface area contributed by atoms with Crippen LogP contribution < -0.4 is 0 Å². The van der Waals surface area contributed by atoms with E-state index in [4.69, 9.17) is 4.74 Å². The van der Waals surface area contributed by atoms with Crippen molar-refractivity contribution in [3.8, 4) is 11.8 Å². The van der Waals surface area contributed by atoms with E-state index in [-0.39, 0.29) is 5.82 Å². The molecule has 0 aliphatic heterocycles. The Labute approximate surface area is 126 Å². The van der Waals surface area contributed by atoms with Crippen molar-refractivity contribution in [3.05, 3.63) is 41.2 Å². The minimum atomic E-state index is -0.472. The number of methoxy groups -OCH3 is 1. The first kappa shape index (κ1) is 17.0. The van der Waals surface area contributed by atoms with Crippen LogP contribution in [0.1, 0.15) is 44.6 Å². The van der Waals surface area contributed by atoms with Gasteiger partial charge >= 0.3 is 5.97 Å². The van der Waals surface area contributed by atoms with Gasteiger partial charge in [-0.1, -0.05) is 50.2 Å². The van der Waals surface area contributed by atoms with Crippen LogP contribution in [-0.2, 0) is 9.53 Å². The van der Waals surface area contributed by atoms with E-state index < -0.39 is 5.97 Å². The predicted molar refractivity (Wildman–Crippen MR) is 82.9 cm³/mol. The van der Waals surface area contributed by atoms with Crippen LogP contribution in [0.25, 0.3) is 6.08 Å². The van der Waals surface area contributed by atoms with Gasteiger partial charge in [0.1, 0.15) is 11.4 Å². The third-order valence-corrected chi connectivity index (χ3v) is 2.96. The van der Waals surface area contributed by atoms with Crippen molar-refractivity contribution in [2.24, 2.45) is 0 Å². The molecule has 1 aromatic carbocycles. The zero-order chi connectivity index (χ0) is 15.5. The van der Waals surface area contributed by atoms with E-state index in [1.165, 1.54) is 32.1 Å². The second-order valence-corrected chi connectivity index (χ2v) is 4.71. The molecule has 0 unspecified atom stereocenters. The molecule has 0 saturated carbocycles. The number of hydrogen-bond acceptors (Lipinski definition) is 2. The summed E-state index contributed by atoms with van der Waals surface area (Å²) in [6.45, 7) is 2.16. The Morgan fingerprint density at radius 3 is 2.57 bits per heavy atom. The number of carbonyl (C=O) groups is 1. The molecule has 0 N–H and O–H groups in total. The summed E-state index contributed by atoms with van der Waals surface area (Å²) < 4.78 is 17.6. The molecule has 0 fully saturated rings. The molecule has 0 amide bonds. The van der Waals surface area contributed by atoms with Crippen molar-refractivity contribution < 1.29 is 13.9 Å². The molecule has 1 rings (SSSR count). The summed E-state index contributed by atoms with van der Waals surface area (Å²) in [5.74, 6) is 5.07. The fraction of sp³-hybridized carbons (Fsp3) is 0.389. The topological polar surface area (TPSA) is 26.3 Å². The Hall–Kier alpha value is -2.08. The minimum Gasteiger partial charge on any atom is -0.465 e. The molecule has 0 bridgehead atoms. The van der Waals surface area contributed by atoms with E-state index in [0.29, 0.717) is 5.57 Å². The van der Waals surface area contributed by atoms with Crippen LogP contribution in [-0.4, -0.2) is 13.1 Å². The summed E-state index contributed by atoms with van der Waals surface area (Å²) in [6, 6.07) is 5.89. The number of rotatable bonds is 6. The lowest BCUT2D eigenvalue weighted by Crippen LogP contribution is -2.02. The van der Waals surface area contributed by atoms with Gasteiger partial charge < -0.3 is 4.74 Å². The van der Waals surface area contributed by atoms with E-state index in [2.05, 4.69) is 18.8 Å². The summed E-state index contributed by atoms with van der Waals surface area (Å²) in [4.78, 5) is 11.7. The molecule has 0 saturated heterocycles. The summed E-state index contributed by atoms with van der Waals surface area (Å²) >= 11 is 0. The van der Waals surface area contributed by atoms with Crippen LogP contribution >= 0.6 is 0 Å². The maximum atomic E-state index is 12.9. The van der Waals surface area contributed by atoms with E-state index in [9.17, 15) is 9.18 Å². The second kappa shape index (κ2) is 9.77. The number of esters is 1. The molecule has 3 heteroatoms. The van der Waals surface area contributed by atoms with Gasteiger partial charge in [0, 0.05) is 6.42 Å². The van der Waals surface area contributed by atoms with Gasteiger partial charge in [-0.25, -0.2) is 9.18 Å². The van der Waals surface area contributed by atoms with Crippen LogP contribution in [0, 0.1) is 17.7 Å². The number of unbranched alkanes of at least 4 members (excludes halogenated alkanes) is 4. The van der Waals surface area contributed by atoms with Crippen LogP contribution in [0.2, 0.25) is 0 Å². The number of hydrogen-bond donors (Lipinski definition) is 0. The molecule has 0 heterocycles. The maximum absolute atomic E-state index is 12.9. The van der Waals surface area contributed by atoms with Crippen molar-refractivity contribution in [1.29, 1.82) is 0 Å². The summed E-state index contributed by atoms with van der Waals surface area (Å²) in [5, 5.41) is 0. The highest BCUT2D eigenvalue weighted by molar-refractivity contribution is 5.98. The number of ether oxygens (including phenoxy) is 1. The molecule has 112 valence electrons. The Balaban J connectivity index is 2.74. The molecule has 0 radical (unpaired) electrons. The molecule has 0 atom stereocenters. The third-order valence-electron chi connectivity index (χ3n) is 2.96. The molecule has 21 heavy (non-hydrogen) atoms. The quantitative estimate of drug-likeness (QED) is 0.336. The van der Waals surface area contributed by atoms with Gasteiger partial charge in [0.15, 0.2) is 0 Å². The van der Waals surface area contributed by atoms with Crippen molar-refractivity contribution in [2.75, 3.05) is 7.11 Å². The standard InChI is InChI=1S/C18H21FO2/c1-3-4-5-6-7-8-9-16(18(20)21-2)14-15-10-12-17(19)13-11-15/h10-14H,3-7H2,1-2H3/b16-14+. The van der Waals surface area contributed by atoms with Crippen molar-refractivity contribution in [2.45, 2.75) is 39.0 Å². The lowest BCUT2D eigenvalue weighted by molar-refractivity contribution is -0.135. The van der Waals surface area contributed by atoms with Crippen molar-refractivity contribution in [1.82, 2.24) is 0 Å². The van der Waals surface area contributed by atoms with Crippen LogP contribution in [0.4, 0.5) is 4.39 Å². The Bertz CT molecular complexity index is 533. The molecule has 1 aromatic rings. The van der Waals surface area contributed by atoms with Crippen LogP contribution in [0.3, 0.4) is 0 Å². The average molecular weight is 288 g/mol. The fourth-order valence-electron chi connectivity index (χ4n) is 1.78. The maximum Gasteiger partial charge on any atom is 0.346 e. The SMILES string of the molecule is CCCCCCC#C/C(=C\c1ccc(F)cc1)C(=O)OC. The van der Waals surface area contributed by atoms with E-state index >= 15 is 0 Å². The highest BCUT2D eigenvalue weighted by Crippen LogP contribution is 2.09. The fourth-order valence-corrected chi connectivity index (χ4v) is 1.78. The smallest absolute Gasteiger partial charge is 0.346 e. The van der Waals surface area contributed by atoms with Gasteiger partial charge in [0.05, 0.1) is 7.11 Å². The van der Waals surface area contributed by atoms with Gasteiger partial charge in [0.2, 0.25) is 0 Å². The largest absolute Gasteiger partial charge is 0.465 e. The summed E-state index contributed by atoms with van der Waals surface area (Å²) in [6.07, 6.45) is 6.95. The minimum absolute atomic E-state index is 0.291. The molecular weight excluding hydrogens is 267 g/mol. The molecule has 0 aliphatic rings. The highest BCUT2D eigenvalue weighted by Gasteiger charge is 2.06. The third kappa shape index (κ3) is 6.76. The van der Waals surface area contributed by atoms with Crippen molar-refractivity contribution >= 4 is 12.0 Å². The molecular formula is C18H21FO2. The van der Waals surface area contributed by atoms with Gasteiger partial charge in [-0.15, -0.1) is 0 Å². The zero-order valence-corrected chi connectivity index (χ0v) is 12.6. The normalized spacial score (nSPS) is 10.7. The van der Waals surface area contributed by atoms with E-state index in [1.807, 2.05) is 0 Å². The second-order valence-electron chi connectivity index (χ2n) is 4.71. The first-order chi connectivity index (χ1) is 10.2. The number of carbonyl (C=O) groups excluding carboxylic acids is 1. The van der Waals surface area contributed by atoms with Crippen LogP contribution in [0.15, 0.2) is 29.8 Å². The number of halogens is 1. The van der Waals surface area contributed by atoms with Crippen molar-refractivity contribution in [3.63, 3.8) is 0 Å².